The first kappa shape index (κ1) is 22.4. The number of hydrogen-bond acceptors (Lipinski definition) is 7. The van der Waals surface area contributed by atoms with E-state index in [9.17, 15) is 8.78 Å². The van der Waals surface area contributed by atoms with Crippen LogP contribution in [-0.4, -0.2) is 34.3 Å². The van der Waals surface area contributed by atoms with Crippen molar-refractivity contribution >= 4 is 42.2 Å². The van der Waals surface area contributed by atoms with E-state index in [4.69, 9.17) is 0 Å². The molecule has 2 N–H and O–H groups in total. The number of benzene rings is 2. The largest absolute Gasteiger partial charge is 0.341 e. The summed E-state index contributed by atoms with van der Waals surface area (Å²) in [5, 5.41) is 7.22. The standard InChI is InChI=1S/C21H21F2N7.ClH/c22-16-6-4-15(5-7-16)14-24-29-20-26-19(25-18-10-8-17(23)9-11-18)27-21(28-20)30-12-2-1-3-13-30;/h4-11,14H,1-3,12-13H2,(H2,25,26,27,28,29);1H. The molecule has 0 aliphatic carbocycles. The maximum absolute atomic E-state index is 13.2. The minimum Gasteiger partial charge on any atom is -0.341 e. The van der Waals surface area contributed by atoms with Crippen LogP contribution in [0.1, 0.15) is 24.8 Å². The molecule has 0 spiro atoms. The number of anilines is 4. The summed E-state index contributed by atoms with van der Waals surface area (Å²) >= 11 is 0. The lowest BCUT2D eigenvalue weighted by Crippen LogP contribution is -2.31. The van der Waals surface area contributed by atoms with Gasteiger partial charge in [0.15, 0.2) is 0 Å². The zero-order chi connectivity index (χ0) is 20.8. The van der Waals surface area contributed by atoms with Crippen molar-refractivity contribution in [1.82, 2.24) is 15.0 Å². The van der Waals surface area contributed by atoms with Gasteiger partial charge in [0.25, 0.3) is 0 Å². The lowest BCUT2D eigenvalue weighted by atomic mass is 10.1. The Balaban J connectivity index is 0.00000272. The Kier molecular flexibility index (Phi) is 7.66. The third-order valence-corrected chi connectivity index (χ3v) is 4.61. The predicted octanol–water partition coefficient (Wildman–Crippen LogP) is 4.75. The smallest absolute Gasteiger partial charge is 0.250 e. The molecule has 4 rings (SSSR count). The molecule has 7 nitrogen and oxygen atoms in total. The van der Waals surface area contributed by atoms with Gasteiger partial charge in [0.05, 0.1) is 6.21 Å². The number of hydrogen-bond donors (Lipinski definition) is 2. The van der Waals surface area contributed by atoms with Crippen molar-refractivity contribution in [2.75, 3.05) is 28.7 Å². The Bertz CT molecular complexity index is 1010. The first-order chi connectivity index (χ1) is 14.7. The lowest BCUT2D eigenvalue weighted by Gasteiger charge is -2.26. The van der Waals surface area contributed by atoms with Crippen molar-refractivity contribution in [3.63, 3.8) is 0 Å². The number of nitrogens with zero attached hydrogens (tertiary/aromatic N) is 5. The molecule has 2 aromatic carbocycles. The topological polar surface area (TPSA) is 78.3 Å². The van der Waals surface area contributed by atoms with E-state index < -0.39 is 0 Å². The van der Waals surface area contributed by atoms with Crippen LogP contribution in [0.5, 0.6) is 0 Å². The SMILES string of the molecule is Cl.Fc1ccc(C=NNc2nc(Nc3ccc(F)cc3)nc(N3CCCCC3)n2)cc1. The molecule has 0 amide bonds. The van der Waals surface area contributed by atoms with Crippen molar-refractivity contribution in [1.29, 1.82) is 0 Å². The average molecular weight is 446 g/mol. The van der Waals surface area contributed by atoms with Gasteiger partial charge >= 0.3 is 0 Å². The van der Waals surface area contributed by atoms with Crippen LogP contribution in [0.25, 0.3) is 0 Å². The molecule has 1 aliphatic heterocycles. The van der Waals surface area contributed by atoms with Gasteiger partial charge in [-0.2, -0.15) is 20.1 Å². The Hall–Kier alpha value is -3.33. The van der Waals surface area contributed by atoms with Gasteiger partial charge in [-0.3, -0.25) is 0 Å². The number of nitrogens with one attached hydrogen (secondary N) is 2. The molecule has 0 radical (unpaired) electrons. The van der Waals surface area contributed by atoms with Gasteiger partial charge in [-0.15, -0.1) is 12.4 Å². The minimum atomic E-state index is -0.317. The summed E-state index contributed by atoms with van der Waals surface area (Å²) in [6.45, 7) is 1.75. The minimum absolute atomic E-state index is 0. The van der Waals surface area contributed by atoms with Crippen LogP contribution >= 0.6 is 12.4 Å². The second kappa shape index (κ2) is 10.6. The van der Waals surface area contributed by atoms with Crippen LogP contribution in [-0.2, 0) is 0 Å². The van der Waals surface area contributed by atoms with Crippen molar-refractivity contribution in [2.24, 2.45) is 5.10 Å². The summed E-state index contributed by atoms with van der Waals surface area (Å²) < 4.78 is 26.2. The van der Waals surface area contributed by atoms with E-state index in [1.54, 1.807) is 30.5 Å². The highest BCUT2D eigenvalue weighted by Crippen LogP contribution is 2.21. The number of rotatable bonds is 6. The monoisotopic (exact) mass is 445 g/mol. The van der Waals surface area contributed by atoms with Crippen LogP contribution in [0.15, 0.2) is 53.6 Å². The highest BCUT2D eigenvalue weighted by Gasteiger charge is 2.16. The quantitative estimate of drug-likeness (QED) is 0.421. The van der Waals surface area contributed by atoms with E-state index in [1.165, 1.54) is 30.7 Å². The van der Waals surface area contributed by atoms with Crippen molar-refractivity contribution in [3.8, 4) is 0 Å². The van der Waals surface area contributed by atoms with Crippen molar-refractivity contribution in [2.45, 2.75) is 19.3 Å². The fourth-order valence-electron chi connectivity index (χ4n) is 3.08. The second-order valence-electron chi connectivity index (χ2n) is 6.88. The summed E-state index contributed by atoms with van der Waals surface area (Å²) in [4.78, 5) is 15.5. The molecule has 2 heterocycles. The third-order valence-electron chi connectivity index (χ3n) is 4.61. The Labute approximate surface area is 185 Å². The molecule has 0 atom stereocenters. The summed E-state index contributed by atoms with van der Waals surface area (Å²) in [5.41, 5.74) is 4.20. The first-order valence-corrected chi connectivity index (χ1v) is 9.74. The van der Waals surface area contributed by atoms with E-state index in [0.717, 1.165) is 31.5 Å². The number of aromatic nitrogens is 3. The Morgan fingerprint density at radius 2 is 1.42 bits per heavy atom. The van der Waals surface area contributed by atoms with Crippen molar-refractivity contribution < 1.29 is 8.78 Å². The fraction of sp³-hybridized carbons (Fsp3) is 0.238. The lowest BCUT2D eigenvalue weighted by molar-refractivity contribution is 0.568. The molecule has 10 heteroatoms. The van der Waals surface area contributed by atoms with Gasteiger partial charge in [0.1, 0.15) is 11.6 Å². The molecule has 0 unspecified atom stereocenters. The number of halogens is 3. The molecule has 0 bridgehead atoms. The molecule has 1 fully saturated rings. The van der Waals surface area contributed by atoms with Crippen LogP contribution in [0, 0.1) is 11.6 Å². The average Bonchev–Trinajstić information content (AvgIpc) is 2.77. The van der Waals surface area contributed by atoms with Gasteiger partial charge < -0.3 is 10.2 Å². The van der Waals surface area contributed by atoms with E-state index in [0.29, 0.717) is 17.6 Å². The highest BCUT2D eigenvalue weighted by molar-refractivity contribution is 5.85. The Morgan fingerprint density at radius 3 is 2.10 bits per heavy atom. The fourth-order valence-corrected chi connectivity index (χ4v) is 3.08. The molecular weight excluding hydrogens is 424 g/mol. The number of hydrazone groups is 1. The summed E-state index contributed by atoms with van der Waals surface area (Å²) in [5.74, 6) is 0.530. The van der Waals surface area contributed by atoms with E-state index in [-0.39, 0.29) is 30.0 Å². The molecule has 1 saturated heterocycles. The van der Waals surface area contributed by atoms with Gasteiger partial charge in [-0.05, 0) is 61.2 Å². The molecule has 3 aromatic rings. The van der Waals surface area contributed by atoms with Gasteiger partial charge in [0, 0.05) is 18.8 Å². The van der Waals surface area contributed by atoms with Crippen LogP contribution in [0.3, 0.4) is 0 Å². The second-order valence-corrected chi connectivity index (χ2v) is 6.88. The normalized spacial score (nSPS) is 13.7. The zero-order valence-electron chi connectivity index (χ0n) is 16.6. The van der Waals surface area contributed by atoms with E-state index in [1.807, 2.05) is 0 Å². The maximum Gasteiger partial charge on any atom is 0.250 e. The Morgan fingerprint density at radius 1 is 0.806 bits per heavy atom. The van der Waals surface area contributed by atoms with Gasteiger partial charge in [-0.25, -0.2) is 14.2 Å². The summed E-state index contributed by atoms with van der Waals surface area (Å²) in [6.07, 6.45) is 4.90. The van der Waals surface area contributed by atoms with Crippen LogP contribution < -0.4 is 15.6 Å². The molecule has 1 aliphatic rings. The molecule has 0 saturated carbocycles. The molecule has 162 valence electrons. The van der Waals surface area contributed by atoms with E-state index in [2.05, 4.69) is 35.7 Å². The predicted molar refractivity (Wildman–Crippen MR) is 120 cm³/mol. The molecule has 1 aromatic heterocycles. The number of piperidine rings is 1. The van der Waals surface area contributed by atoms with E-state index >= 15 is 0 Å². The van der Waals surface area contributed by atoms with Gasteiger partial charge in [0.2, 0.25) is 17.8 Å². The molecular formula is C21H22ClF2N7. The molecule has 31 heavy (non-hydrogen) atoms. The summed E-state index contributed by atoms with van der Waals surface area (Å²) in [7, 11) is 0. The third kappa shape index (κ3) is 6.32. The zero-order valence-corrected chi connectivity index (χ0v) is 17.4. The maximum atomic E-state index is 13.2. The highest BCUT2D eigenvalue weighted by atomic mass is 35.5. The van der Waals surface area contributed by atoms with Crippen LogP contribution in [0.4, 0.5) is 32.3 Å². The van der Waals surface area contributed by atoms with Crippen LogP contribution in [0.2, 0.25) is 0 Å². The van der Waals surface area contributed by atoms with Gasteiger partial charge in [-0.1, -0.05) is 12.1 Å². The summed E-state index contributed by atoms with van der Waals surface area (Å²) in [6, 6.07) is 11.9. The first-order valence-electron chi connectivity index (χ1n) is 9.74. The van der Waals surface area contributed by atoms with Crippen molar-refractivity contribution in [3.05, 3.63) is 65.7 Å².